The lowest BCUT2D eigenvalue weighted by atomic mass is 10.1. The molecule has 0 spiro atoms. The van der Waals surface area contributed by atoms with Gasteiger partial charge in [0.1, 0.15) is 0 Å². The zero-order chi connectivity index (χ0) is 11.4. The zero-order valence-electron chi connectivity index (χ0n) is 9.95. The maximum Gasteiger partial charge on any atom is 0.0685 e. The zero-order valence-corrected chi connectivity index (χ0v) is 9.95. The van der Waals surface area contributed by atoms with E-state index in [0.717, 1.165) is 18.0 Å². The SMILES string of the molecule is CC(CC1CC1)NCc1ccccc1CO. The molecule has 1 aromatic carbocycles. The van der Waals surface area contributed by atoms with Crippen molar-refractivity contribution in [2.75, 3.05) is 0 Å². The number of aliphatic hydroxyl groups is 1. The van der Waals surface area contributed by atoms with Crippen LogP contribution in [0.2, 0.25) is 0 Å². The Kier molecular flexibility index (Phi) is 3.97. The van der Waals surface area contributed by atoms with Crippen molar-refractivity contribution in [3.8, 4) is 0 Å². The quantitative estimate of drug-likeness (QED) is 0.770. The number of aliphatic hydroxyl groups excluding tert-OH is 1. The average Bonchev–Trinajstić information content (AvgIpc) is 3.10. The van der Waals surface area contributed by atoms with Crippen LogP contribution in [0.4, 0.5) is 0 Å². The van der Waals surface area contributed by atoms with E-state index in [1.807, 2.05) is 18.2 Å². The van der Waals surface area contributed by atoms with E-state index in [0.29, 0.717) is 6.04 Å². The van der Waals surface area contributed by atoms with Crippen molar-refractivity contribution in [2.45, 2.75) is 45.4 Å². The molecule has 0 aromatic heterocycles. The van der Waals surface area contributed by atoms with Crippen molar-refractivity contribution in [1.82, 2.24) is 5.32 Å². The fourth-order valence-corrected chi connectivity index (χ4v) is 2.11. The molecule has 1 aliphatic carbocycles. The van der Waals surface area contributed by atoms with Gasteiger partial charge in [-0.3, -0.25) is 0 Å². The van der Waals surface area contributed by atoms with Crippen LogP contribution in [0.5, 0.6) is 0 Å². The van der Waals surface area contributed by atoms with Crippen LogP contribution in [0.3, 0.4) is 0 Å². The van der Waals surface area contributed by atoms with E-state index in [1.165, 1.54) is 24.8 Å². The second-order valence-corrected chi connectivity index (χ2v) is 4.89. The monoisotopic (exact) mass is 219 g/mol. The smallest absolute Gasteiger partial charge is 0.0685 e. The van der Waals surface area contributed by atoms with Crippen LogP contribution in [0.1, 0.15) is 37.3 Å². The first kappa shape index (κ1) is 11.6. The third kappa shape index (κ3) is 3.32. The van der Waals surface area contributed by atoms with Gasteiger partial charge in [0.15, 0.2) is 0 Å². The van der Waals surface area contributed by atoms with Gasteiger partial charge in [0.2, 0.25) is 0 Å². The second kappa shape index (κ2) is 5.46. The van der Waals surface area contributed by atoms with Crippen LogP contribution in [-0.2, 0) is 13.2 Å². The van der Waals surface area contributed by atoms with Gasteiger partial charge in [-0.25, -0.2) is 0 Å². The molecule has 16 heavy (non-hydrogen) atoms. The molecule has 2 heteroatoms. The van der Waals surface area contributed by atoms with Crippen LogP contribution in [0, 0.1) is 5.92 Å². The van der Waals surface area contributed by atoms with E-state index in [2.05, 4.69) is 18.3 Å². The van der Waals surface area contributed by atoms with Crippen molar-refractivity contribution in [3.05, 3.63) is 35.4 Å². The van der Waals surface area contributed by atoms with Gasteiger partial charge >= 0.3 is 0 Å². The lowest BCUT2D eigenvalue weighted by Crippen LogP contribution is -2.26. The highest BCUT2D eigenvalue weighted by atomic mass is 16.3. The van der Waals surface area contributed by atoms with Crippen LogP contribution < -0.4 is 5.32 Å². The molecule has 1 saturated carbocycles. The Morgan fingerprint density at radius 2 is 2.00 bits per heavy atom. The molecule has 0 radical (unpaired) electrons. The molecule has 0 heterocycles. The molecule has 1 unspecified atom stereocenters. The Hall–Kier alpha value is -0.860. The maximum absolute atomic E-state index is 9.21. The summed E-state index contributed by atoms with van der Waals surface area (Å²) in [5.41, 5.74) is 2.25. The summed E-state index contributed by atoms with van der Waals surface area (Å²) in [7, 11) is 0. The predicted molar refractivity (Wildman–Crippen MR) is 66.0 cm³/mol. The highest BCUT2D eigenvalue weighted by molar-refractivity contribution is 5.26. The van der Waals surface area contributed by atoms with E-state index in [4.69, 9.17) is 0 Å². The highest BCUT2D eigenvalue weighted by Crippen LogP contribution is 2.33. The molecule has 1 aromatic rings. The Balaban J connectivity index is 1.82. The van der Waals surface area contributed by atoms with E-state index >= 15 is 0 Å². The largest absolute Gasteiger partial charge is 0.392 e. The Morgan fingerprint density at radius 1 is 1.31 bits per heavy atom. The van der Waals surface area contributed by atoms with Crippen LogP contribution in [0.15, 0.2) is 24.3 Å². The van der Waals surface area contributed by atoms with Crippen molar-refractivity contribution >= 4 is 0 Å². The lowest BCUT2D eigenvalue weighted by Gasteiger charge is -2.14. The fourth-order valence-electron chi connectivity index (χ4n) is 2.11. The third-order valence-corrected chi connectivity index (χ3v) is 3.31. The Morgan fingerprint density at radius 3 is 2.62 bits per heavy atom. The number of benzene rings is 1. The molecule has 0 saturated heterocycles. The molecular weight excluding hydrogens is 198 g/mol. The summed E-state index contributed by atoms with van der Waals surface area (Å²) in [5, 5.41) is 12.7. The molecule has 2 N–H and O–H groups in total. The number of hydrogen-bond acceptors (Lipinski definition) is 2. The summed E-state index contributed by atoms with van der Waals surface area (Å²) in [6, 6.07) is 8.66. The molecule has 1 atom stereocenters. The van der Waals surface area contributed by atoms with Crippen molar-refractivity contribution in [3.63, 3.8) is 0 Å². The minimum Gasteiger partial charge on any atom is -0.392 e. The van der Waals surface area contributed by atoms with Gasteiger partial charge in [-0.2, -0.15) is 0 Å². The highest BCUT2D eigenvalue weighted by Gasteiger charge is 2.23. The first-order chi connectivity index (χ1) is 7.79. The molecular formula is C14H21NO. The van der Waals surface area contributed by atoms with Crippen molar-refractivity contribution < 1.29 is 5.11 Å². The van der Waals surface area contributed by atoms with Gasteiger partial charge in [0, 0.05) is 12.6 Å². The summed E-state index contributed by atoms with van der Waals surface area (Å²) < 4.78 is 0. The van der Waals surface area contributed by atoms with E-state index in [-0.39, 0.29) is 6.61 Å². The van der Waals surface area contributed by atoms with Gasteiger partial charge in [0.25, 0.3) is 0 Å². The number of hydrogen-bond donors (Lipinski definition) is 2. The van der Waals surface area contributed by atoms with Gasteiger partial charge < -0.3 is 10.4 Å². The lowest BCUT2D eigenvalue weighted by molar-refractivity contribution is 0.280. The normalized spacial score (nSPS) is 17.4. The molecule has 1 fully saturated rings. The predicted octanol–water partition coefficient (Wildman–Crippen LogP) is 2.46. The Labute approximate surface area is 97.7 Å². The molecule has 88 valence electrons. The molecule has 1 aliphatic rings. The van der Waals surface area contributed by atoms with Crippen LogP contribution >= 0.6 is 0 Å². The van der Waals surface area contributed by atoms with E-state index in [1.54, 1.807) is 0 Å². The Bertz CT molecular complexity index is 333. The van der Waals surface area contributed by atoms with Gasteiger partial charge in [-0.1, -0.05) is 37.1 Å². The molecule has 2 rings (SSSR count). The third-order valence-electron chi connectivity index (χ3n) is 3.31. The molecule has 2 nitrogen and oxygen atoms in total. The van der Waals surface area contributed by atoms with E-state index in [9.17, 15) is 5.11 Å². The number of rotatable bonds is 6. The minimum atomic E-state index is 0.134. The van der Waals surface area contributed by atoms with E-state index < -0.39 is 0 Å². The summed E-state index contributed by atoms with van der Waals surface area (Å²) in [4.78, 5) is 0. The first-order valence-corrected chi connectivity index (χ1v) is 6.20. The first-order valence-electron chi connectivity index (χ1n) is 6.20. The average molecular weight is 219 g/mol. The summed E-state index contributed by atoms with van der Waals surface area (Å²) in [5.74, 6) is 0.968. The summed E-state index contributed by atoms with van der Waals surface area (Å²) in [6.45, 7) is 3.25. The van der Waals surface area contributed by atoms with Crippen molar-refractivity contribution in [1.29, 1.82) is 0 Å². The molecule has 0 bridgehead atoms. The van der Waals surface area contributed by atoms with Gasteiger partial charge in [-0.15, -0.1) is 0 Å². The van der Waals surface area contributed by atoms with Crippen LogP contribution in [-0.4, -0.2) is 11.1 Å². The molecule has 0 aliphatic heterocycles. The van der Waals surface area contributed by atoms with Gasteiger partial charge in [-0.05, 0) is 30.4 Å². The topological polar surface area (TPSA) is 32.3 Å². The second-order valence-electron chi connectivity index (χ2n) is 4.89. The number of nitrogens with one attached hydrogen (secondary N) is 1. The fraction of sp³-hybridized carbons (Fsp3) is 0.571. The van der Waals surface area contributed by atoms with Crippen LogP contribution in [0.25, 0.3) is 0 Å². The molecule has 0 amide bonds. The summed E-state index contributed by atoms with van der Waals surface area (Å²) in [6.07, 6.45) is 4.12. The van der Waals surface area contributed by atoms with Gasteiger partial charge in [0.05, 0.1) is 6.61 Å². The standard InChI is InChI=1S/C14H21NO/c1-11(8-12-6-7-12)15-9-13-4-2-3-5-14(13)10-16/h2-5,11-12,15-16H,6-10H2,1H3. The summed E-state index contributed by atoms with van der Waals surface area (Å²) >= 11 is 0. The minimum absolute atomic E-state index is 0.134. The van der Waals surface area contributed by atoms with Crippen molar-refractivity contribution in [2.24, 2.45) is 5.92 Å². The maximum atomic E-state index is 9.21.